The van der Waals surface area contributed by atoms with Crippen LogP contribution in [-0.2, 0) is 13.0 Å². The summed E-state index contributed by atoms with van der Waals surface area (Å²) < 4.78 is 3.62. The number of rotatable bonds is 7. The zero-order chi connectivity index (χ0) is 26.2. The molecule has 196 valence electrons. The van der Waals surface area contributed by atoms with Gasteiger partial charge in [-0.25, -0.2) is 14.3 Å². The van der Waals surface area contributed by atoms with Gasteiger partial charge >= 0.3 is 0 Å². The maximum Gasteiger partial charge on any atom is 0.278 e. The molecule has 6 rings (SSSR count). The Bertz CT molecular complexity index is 1530. The maximum absolute atomic E-state index is 13.3. The van der Waals surface area contributed by atoms with E-state index in [0.717, 1.165) is 50.4 Å². The first-order chi connectivity index (χ1) is 18.6. The first-order valence-electron chi connectivity index (χ1n) is 13.6. The third kappa shape index (κ3) is 4.39. The largest absolute Gasteiger partial charge is 0.369 e. The van der Waals surface area contributed by atoms with Gasteiger partial charge in [-0.1, -0.05) is 19.1 Å². The SMILES string of the molecule is C=CCn1c(=O)c2cnc(Nc3ccc(N4CCN(C)CC4)cc3)nc2n1-c1ccc2c(c1)C(CC)CC2. The topological polar surface area (TPSA) is 71.2 Å². The molecule has 0 bridgehead atoms. The van der Waals surface area contributed by atoms with Gasteiger partial charge < -0.3 is 15.1 Å². The van der Waals surface area contributed by atoms with Gasteiger partial charge in [0.2, 0.25) is 5.95 Å². The molecule has 1 atom stereocenters. The van der Waals surface area contributed by atoms with Crippen molar-refractivity contribution in [1.29, 1.82) is 0 Å². The summed E-state index contributed by atoms with van der Waals surface area (Å²) in [5, 5.41) is 3.83. The molecule has 2 aromatic carbocycles. The van der Waals surface area contributed by atoms with Gasteiger partial charge in [-0.3, -0.25) is 4.79 Å². The molecule has 1 aliphatic heterocycles. The minimum atomic E-state index is -0.115. The summed E-state index contributed by atoms with van der Waals surface area (Å²) >= 11 is 0. The fraction of sp³-hybridized carbons (Fsp3) is 0.367. The van der Waals surface area contributed by atoms with Gasteiger partial charge in [0.25, 0.3) is 5.56 Å². The molecule has 1 aliphatic carbocycles. The number of nitrogens with one attached hydrogen (secondary N) is 1. The number of likely N-dealkylation sites (N-methyl/N-ethyl adjacent to an activating group) is 1. The second kappa shape index (κ2) is 10.1. The van der Waals surface area contributed by atoms with Gasteiger partial charge in [-0.2, -0.15) is 4.98 Å². The van der Waals surface area contributed by atoms with Crippen LogP contribution in [0.2, 0.25) is 0 Å². The molecule has 1 fully saturated rings. The monoisotopic (exact) mass is 509 g/mol. The number of benzene rings is 2. The van der Waals surface area contributed by atoms with E-state index in [1.807, 2.05) is 4.68 Å². The Morgan fingerprint density at radius 2 is 1.84 bits per heavy atom. The summed E-state index contributed by atoms with van der Waals surface area (Å²) in [4.78, 5) is 27.4. The zero-order valence-electron chi connectivity index (χ0n) is 22.2. The number of hydrogen-bond acceptors (Lipinski definition) is 6. The van der Waals surface area contributed by atoms with Crippen LogP contribution in [0.15, 0.2) is 66.1 Å². The molecule has 0 saturated carbocycles. The van der Waals surface area contributed by atoms with Crippen molar-refractivity contribution in [2.75, 3.05) is 43.4 Å². The summed E-state index contributed by atoms with van der Waals surface area (Å²) in [5.74, 6) is 1.02. The third-order valence-corrected chi connectivity index (χ3v) is 8.04. The second-order valence-corrected chi connectivity index (χ2v) is 10.4. The first-order valence-corrected chi connectivity index (χ1v) is 13.6. The molecule has 1 N–H and O–H groups in total. The average molecular weight is 510 g/mol. The molecule has 2 aromatic heterocycles. The molecule has 4 aromatic rings. The highest BCUT2D eigenvalue weighted by atomic mass is 16.1. The molecule has 0 spiro atoms. The summed E-state index contributed by atoms with van der Waals surface area (Å²) in [6.07, 6.45) is 6.79. The van der Waals surface area contributed by atoms with E-state index >= 15 is 0 Å². The predicted octanol–water partition coefficient (Wildman–Crippen LogP) is 4.70. The summed E-state index contributed by atoms with van der Waals surface area (Å²) in [7, 11) is 2.17. The Morgan fingerprint density at radius 3 is 2.58 bits per heavy atom. The number of allylic oxidation sites excluding steroid dienone is 1. The number of piperazine rings is 1. The molecule has 8 heteroatoms. The number of nitrogens with zero attached hydrogens (tertiary/aromatic N) is 6. The van der Waals surface area contributed by atoms with Gasteiger partial charge in [-0.15, -0.1) is 6.58 Å². The highest BCUT2D eigenvalue weighted by Gasteiger charge is 2.23. The van der Waals surface area contributed by atoms with Crippen molar-refractivity contribution in [3.8, 4) is 5.69 Å². The predicted molar refractivity (Wildman–Crippen MR) is 154 cm³/mol. The van der Waals surface area contributed by atoms with Crippen LogP contribution < -0.4 is 15.8 Å². The summed E-state index contributed by atoms with van der Waals surface area (Å²) in [5.41, 5.74) is 6.34. The number of aromatic nitrogens is 4. The minimum Gasteiger partial charge on any atom is -0.369 e. The molecular formula is C30H35N7O. The van der Waals surface area contributed by atoms with Crippen LogP contribution in [0.25, 0.3) is 16.7 Å². The van der Waals surface area contributed by atoms with Gasteiger partial charge in [-0.05, 0) is 79.8 Å². The van der Waals surface area contributed by atoms with Gasteiger partial charge in [0.1, 0.15) is 5.39 Å². The fourth-order valence-corrected chi connectivity index (χ4v) is 5.82. The van der Waals surface area contributed by atoms with Gasteiger partial charge in [0.15, 0.2) is 5.65 Å². The molecule has 2 aliphatic rings. The van der Waals surface area contributed by atoms with E-state index < -0.39 is 0 Å². The van der Waals surface area contributed by atoms with Crippen molar-refractivity contribution in [3.05, 3.63) is 82.8 Å². The van der Waals surface area contributed by atoms with Crippen molar-refractivity contribution in [2.45, 2.75) is 38.6 Å². The van der Waals surface area contributed by atoms with Crippen molar-refractivity contribution in [2.24, 2.45) is 0 Å². The molecular weight excluding hydrogens is 474 g/mol. The molecule has 1 saturated heterocycles. The number of anilines is 3. The molecule has 3 heterocycles. The van der Waals surface area contributed by atoms with E-state index in [-0.39, 0.29) is 5.56 Å². The Balaban J connectivity index is 1.34. The van der Waals surface area contributed by atoms with Gasteiger partial charge in [0.05, 0.1) is 12.2 Å². The lowest BCUT2D eigenvalue weighted by atomic mass is 9.98. The Kier molecular flexibility index (Phi) is 6.49. The third-order valence-electron chi connectivity index (χ3n) is 8.04. The van der Waals surface area contributed by atoms with Crippen molar-refractivity contribution < 1.29 is 0 Å². The van der Waals surface area contributed by atoms with Crippen LogP contribution in [0.1, 0.15) is 36.8 Å². The van der Waals surface area contributed by atoms with Crippen LogP contribution in [0.3, 0.4) is 0 Å². The highest BCUT2D eigenvalue weighted by Crippen LogP contribution is 2.36. The lowest BCUT2D eigenvalue weighted by molar-refractivity contribution is 0.313. The molecule has 0 radical (unpaired) electrons. The van der Waals surface area contributed by atoms with Crippen molar-refractivity contribution in [3.63, 3.8) is 0 Å². The molecule has 38 heavy (non-hydrogen) atoms. The van der Waals surface area contributed by atoms with Gasteiger partial charge in [0, 0.05) is 43.8 Å². The van der Waals surface area contributed by atoms with Crippen LogP contribution in [0, 0.1) is 0 Å². The quantitative estimate of drug-likeness (QED) is 0.364. The van der Waals surface area contributed by atoms with Crippen molar-refractivity contribution in [1.82, 2.24) is 24.2 Å². The summed E-state index contributed by atoms with van der Waals surface area (Å²) in [6, 6.07) is 14.9. The minimum absolute atomic E-state index is 0.115. The summed E-state index contributed by atoms with van der Waals surface area (Å²) in [6.45, 7) is 10.7. The lowest BCUT2D eigenvalue weighted by Gasteiger charge is -2.34. The standard InChI is InChI=1S/C30H35N7O/c1-4-14-36-29(38)27-20-31-30(32-23-9-12-24(13-10-23)35-17-15-34(3)16-18-35)33-28(27)37(36)25-11-8-22-7-6-21(5-2)26(22)19-25/h4,8-13,19-21H,1,5-7,14-18H2,2-3H3,(H,31,32,33). The van der Waals surface area contributed by atoms with Crippen LogP contribution in [0.4, 0.5) is 17.3 Å². The Morgan fingerprint density at radius 1 is 1.08 bits per heavy atom. The first kappa shape index (κ1) is 24.4. The zero-order valence-corrected chi connectivity index (χ0v) is 22.2. The number of aryl methyl sites for hydroxylation is 1. The second-order valence-electron chi connectivity index (χ2n) is 10.4. The normalized spacial score (nSPS) is 17.6. The smallest absolute Gasteiger partial charge is 0.278 e. The van der Waals surface area contributed by atoms with Crippen LogP contribution >= 0.6 is 0 Å². The maximum atomic E-state index is 13.3. The van der Waals surface area contributed by atoms with E-state index in [1.165, 1.54) is 23.2 Å². The van der Waals surface area contributed by atoms with E-state index in [9.17, 15) is 4.79 Å². The van der Waals surface area contributed by atoms with E-state index in [0.29, 0.717) is 29.4 Å². The molecule has 8 nitrogen and oxygen atoms in total. The van der Waals surface area contributed by atoms with E-state index in [4.69, 9.17) is 4.98 Å². The number of fused-ring (bicyclic) bond motifs is 2. The van der Waals surface area contributed by atoms with Crippen LogP contribution in [0.5, 0.6) is 0 Å². The Hall–Kier alpha value is -3.91. The van der Waals surface area contributed by atoms with Crippen LogP contribution in [-0.4, -0.2) is 57.5 Å². The fourth-order valence-electron chi connectivity index (χ4n) is 5.82. The number of hydrogen-bond donors (Lipinski definition) is 1. The average Bonchev–Trinajstić information content (AvgIpc) is 3.47. The molecule has 1 unspecified atom stereocenters. The van der Waals surface area contributed by atoms with Crippen molar-refractivity contribution >= 4 is 28.4 Å². The molecule has 0 amide bonds. The highest BCUT2D eigenvalue weighted by molar-refractivity contribution is 5.77. The lowest BCUT2D eigenvalue weighted by Crippen LogP contribution is -2.44. The van der Waals surface area contributed by atoms with E-state index in [2.05, 4.69) is 83.1 Å². The Labute approximate surface area is 223 Å². The van der Waals surface area contributed by atoms with E-state index in [1.54, 1.807) is 17.0 Å².